The Bertz CT molecular complexity index is 1370. The Balaban J connectivity index is 1.41. The van der Waals surface area contributed by atoms with Crippen molar-refractivity contribution in [2.75, 3.05) is 0 Å². The maximum absolute atomic E-state index is 12.8. The van der Waals surface area contributed by atoms with E-state index in [1.807, 2.05) is 24.3 Å². The molecule has 0 aliphatic rings. The molecule has 0 saturated carbocycles. The largest absolute Gasteiger partial charge is 0.408 e. The lowest BCUT2D eigenvalue weighted by atomic mass is 10.0. The first-order valence-electron chi connectivity index (χ1n) is 15.5. The minimum absolute atomic E-state index is 0.373. The maximum atomic E-state index is 12.8. The Kier molecular flexibility index (Phi) is 11.5. The first-order chi connectivity index (χ1) is 19.6. The van der Waals surface area contributed by atoms with Crippen LogP contribution in [0.1, 0.15) is 116 Å². The van der Waals surface area contributed by atoms with Crippen LogP contribution in [0.2, 0.25) is 0 Å². The van der Waals surface area contributed by atoms with Gasteiger partial charge in [-0.05, 0) is 48.2 Å². The monoisotopic (exact) mass is 544 g/mol. The molecule has 0 atom stereocenters. The van der Waals surface area contributed by atoms with Gasteiger partial charge >= 0.3 is 11.3 Å². The van der Waals surface area contributed by atoms with Gasteiger partial charge in [-0.25, -0.2) is 19.6 Å². The molecule has 0 radical (unpaired) electrons. The van der Waals surface area contributed by atoms with Crippen LogP contribution in [0.15, 0.2) is 54.8 Å². The predicted octanol–water partition coefficient (Wildman–Crippen LogP) is 8.94. The number of rotatable bonds is 17. The average molecular weight is 545 g/mol. The number of hydrogen-bond acceptors (Lipinski definition) is 6. The van der Waals surface area contributed by atoms with Gasteiger partial charge in [0.1, 0.15) is 0 Å². The summed E-state index contributed by atoms with van der Waals surface area (Å²) in [6.45, 7) is 4.45. The quantitative estimate of drug-likeness (QED) is 0.123. The van der Waals surface area contributed by atoms with Gasteiger partial charge in [-0.1, -0.05) is 103 Å². The second kappa shape index (κ2) is 15.5. The first-order valence-corrected chi connectivity index (χ1v) is 15.5. The molecule has 2 heterocycles. The lowest BCUT2D eigenvalue weighted by Gasteiger charge is -2.07. The van der Waals surface area contributed by atoms with Gasteiger partial charge < -0.3 is 8.83 Å². The molecule has 214 valence electrons. The van der Waals surface area contributed by atoms with E-state index < -0.39 is 0 Å². The van der Waals surface area contributed by atoms with Crippen LogP contribution in [0.25, 0.3) is 32.9 Å². The van der Waals surface area contributed by atoms with E-state index in [1.54, 1.807) is 12.1 Å². The summed E-state index contributed by atoms with van der Waals surface area (Å²) in [6.07, 6.45) is 18.2. The Labute approximate surface area is 237 Å². The van der Waals surface area contributed by atoms with Crippen LogP contribution in [0.3, 0.4) is 0 Å². The predicted molar refractivity (Wildman–Crippen MR) is 163 cm³/mol. The van der Waals surface area contributed by atoms with E-state index in [-0.39, 0.29) is 11.3 Å². The normalized spacial score (nSPS) is 11.6. The summed E-state index contributed by atoms with van der Waals surface area (Å²) in [6, 6.07) is 11.1. The molecule has 6 nitrogen and oxygen atoms in total. The Morgan fingerprint density at radius 1 is 0.525 bits per heavy atom. The van der Waals surface area contributed by atoms with Crippen molar-refractivity contribution in [2.24, 2.45) is 0 Å². The highest BCUT2D eigenvalue weighted by atomic mass is 16.4. The Morgan fingerprint density at radius 2 is 0.900 bits per heavy atom. The molecule has 0 unspecified atom stereocenters. The molecule has 0 fully saturated rings. The van der Waals surface area contributed by atoms with Crippen LogP contribution in [0.4, 0.5) is 0 Å². The smallest absolute Gasteiger partial charge is 0.346 e. The average Bonchev–Trinajstić information content (AvgIpc) is 2.96. The first kappa shape index (κ1) is 29.7. The minimum Gasteiger partial charge on any atom is -0.408 e. The van der Waals surface area contributed by atoms with Crippen LogP contribution in [-0.4, -0.2) is 9.97 Å². The second-order valence-corrected chi connectivity index (χ2v) is 11.0. The summed E-state index contributed by atoms with van der Waals surface area (Å²) in [4.78, 5) is 34.8. The molecule has 0 saturated heterocycles. The fourth-order valence-electron chi connectivity index (χ4n) is 5.27. The number of benzene rings is 2. The summed E-state index contributed by atoms with van der Waals surface area (Å²) >= 11 is 0. The summed E-state index contributed by atoms with van der Waals surface area (Å²) in [5.41, 5.74) is 2.15. The van der Waals surface area contributed by atoms with Crippen molar-refractivity contribution in [3.8, 4) is 11.1 Å². The fourth-order valence-corrected chi connectivity index (χ4v) is 5.27. The number of hydrogen-bond donors (Lipinski definition) is 0. The van der Waals surface area contributed by atoms with Gasteiger partial charge in [0.15, 0.2) is 11.8 Å². The van der Waals surface area contributed by atoms with E-state index >= 15 is 0 Å². The van der Waals surface area contributed by atoms with Crippen molar-refractivity contribution in [1.82, 2.24) is 9.97 Å². The van der Waals surface area contributed by atoms with E-state index in [2.05, 4.69) is 23.8 Å². The van der Waals surface area contributed by atoms with Gasteiger partial charge in [0.05, 0.1) is 21.8 Å². The van der Waals surface area contributed by atoms with Crippen molar-refractivity contribution in [2.45, 2.75) is 117 Å². The van der Waals surface area contributed by atoms with Crippen molar-refractivity contribution in [3.63, 3.8) is 0 Å². The highest BCUT2D eigenvalue weighted by molar-refractivity contribution is 5.87. The van der Waals surface area contributed by atoms with E-state index in [9.17, 15) is 9.59 Å². The molecule has 2 aromatic heterocycles. The molecule has 0 amide bonds. The van der Waals surface area contributed by atoms with Crippen LogP contribution < -0.4 is 11.3 Å². The van der Waals surface area contributed by atoms with Gasteiger partial charge in [0.2, 0.25) is 0 Å². The number of nitrogens with zero attached hydrogens (tertiary/aromatic N) is 2. The molecule has 4 aromatic rings. The molecule has 0 bridgehead atoms. The van der Waals surface area contributed by atoms with Crippen LogP contribution >= 0.6 is 0 Å². The third-order valence-corrected chi connectivity index (χ3v) is 7.67. The zero-order valence-corrected chi connectivity index (χ0v) is 24.3. The topological polar surface area (TPSA) is 86.2 Å². The fraction of sp³-hybridized carbons (Fsp3) is 0.529. The van der Waals surface area contributed by atoms with Gasteiger partial charge in [0.25, 0.3) is 0 Å². The summed E-state index contributed by atoms with van der Waals surface area (Å²) < 4.78 is 11.1. The van der Waals surface area contributed by atoms with Crippen molar-refractivity contribution < 1.29 is 8.83 Å². The molecular weight excluding hydrogens is 500 g/mol. The zero-order chi connectivity index (χ0) is 28.2. The number of aromatic nitrogens is 2. The van der Waals surface area contributed by atoms with E-state index in [1.165, 1.54) is 64.2 Å². The third kappa shape index (κ3) is 8.36. The SMILES string of the molecule is CCCCCCCCCc1nc2ccc(-c3ccc4nc(CCCCCCCCC)oc(=O)c4c3)cc2c(=O)o1. The van der Waals surface area contributed by atoms with E-state index in [4.69, 9.17) is 8.83 Å². The standard InChI is InChI=1S/C34H44N2O4/c1-3-5-7-9-11-13-15-17-31-35-29-21-19-25(23-27(29)33(37)39-31)26-20-22-30-28(24-26)34(38)40-32(36-30)18-16-14-12-10-8-6-4-2/h19-24H,3-18H2,1-2H3. The van der Waals surface area contributed by atoms with Gasteiger partial charge in [-0.15, -0.1) is 0 Å². The maximum Gasteiger partial charge on any atom is 0.346 e. The van der Waals surface area contributed by atoms with Gasteiger partial charge in [-0.2, -0.15) is 0 Å². The van der Waals surface area contributed by atoms with E-state index in [0.29, 0.717) is 46.4 Å². The number of aryl methyl sites for hydroxylation is 2. The molecule has 40 heavy (non-hydrogen) atoms. The van der Waals surface area contributed by atoms with Crippen LogP contribution in [0.5, 0.6) is 0 Å². The summed E-state index contributed by atoms with van der Waals surface area (Å²) in [5, 5.41) is 0.882. The Hall–Kier alpha value is -3.28. The number of unbranched alkanes of at least 4 members (excludes halogenated alkanes) is 12. The van der Waals surface area contributed by atoms with Crippen molar-refractivity contribution in [3.05, 3.63) is 69.0 Å². The molecular formula is C34H44N2O4. The Morgan fingerprint density at radius 3 is 1.30 bits per heavy atom. The second-order valence-electron chi connectivity index (χ2n) is 11.0. The minimum atomic E-state index is -0.373. The molecule has 0 N–H and O–H groups in total. The highest BCUT2D eigenvalue weighted by Gasteiger charge is 2.12. The van der Waals surface area contributed by atoms with Crippen molar-refractivity contribution >= 4 is 21.8 Å². The highest BCUT2D eigenvalue weighted by Crippen LogP contribution is 2.25. The van der Waals surface area contributed by atoms with Crippen molar-refractivity contribution in [1.29, 1.82) is 0 Å². The molecule has 4 rings (SSSR count). The lowest BCUT2D eigenvalue weighted by molar-refractivity contribution is 0.433. The molecule has 0 spiro atoms. The molecule has 6 heteroatoms. The lowest BCUT2D eigenvalue weighted by Crippen LogP contribution is -2.06. The zero-order valence-electron chi connectivity index (χ0n) is 24.3. The molecule has 2 aromatic carbocycles. The van der Waals surface area contributed by atoms with Crippen LogP contribution in [-0.2, 0) is 12.8 Å². The molecule has 0 aliphatic heterocycles. The molecule has 0 aliphatic carbocycles. The van der Waals surface area contributed by atoms with Crippen LogP contribution in [0, 0.1) is 0 Å². The summed E-state index contributed by atoms with van der Waals surface area (Å²) in [5.74, 6) is 1.00. The third-order valence-electron chi connectivity index (χ3n) is 7.67. The summed E-state index contributed by atoms with van der Waals surface area (Å²) in [7, 11) is 0. The number of fused-ring (bicyclic) bond motifs is 2. The van der Waals surface area contributed by atoms with Gasteiger partial charge in [-0.3, -0.25) is 0 Å². The van der Waals surface area contributed by atoms with E-state index in [0.717, 1.165) is 36.8 Å². The van der Waals surface area contributed by atoms with Gasteiger partial charge in [0, 0.05) is 12.8 Å².